The molecule has 20 heavy (non-hydrogen) atoms. The third-order valence-corrected chi connectivity index (χ3v) is 3.25. The second kappa shape index (κ2) is 6.09. The molecule has 0 aliphatic heterocycles. The largest absolute Gasteiger partial charge is 0.464 e. The number of rotatable bonds is 5. The van der Waals surface area contributed by atoms with Crippen molar-refractivity contribution in [2.24, 2.45) is 0 Å². The highest BCUT2D eigenvalue weighted by Crippen LogP contribution is 2.21. The summed E-state index contributed by atoms with van der Waals surface area (Å²) >= 11 is 0. The minimum absolute atomic E-state index is 0.0307. The van der Waals surface area contributed by atoms with Gasteiger partial charge in [0.05, 0.1) is 13.2 Å². The molecule has 0 radical (unpaired) electrons. The standard InChI is InChI=1S/C16H22N2O2/c1-11(2)15-7-13(10-19)8-16(17-15)18(4)9-14-6-5-12(3)20-14/h5-8,11,19H,9-10H2,1-4H3. The summed E-state index contributed by atoms with van der Waals surface area (Å²) in [5.41, 5.74) is 1.88. The Bertz CT molecular complexity index is 576. The predicted octanol–water partition coefficient (Wildman–Crippen LogP) is 3.24. The Labute approximate surface area is 120 Å². The highest BCUT2D eigenvalue weighted by molar-refractivity contribution is 5.42. The molecular weight excluding hydrogens is 252 g/mol. The van der Waals surface area contributed by atoms with Gasteiger partial charge in [-0.2, -0.15) is 0 Å². The van der Waals surface area contributed by atoms with E-state index in [0.717, 1.165) is 28.6 Å². The summed E-state index contributed by atoms with van der Waals surface area (Å²) in [4.78, 5) is 6.69. The van der Waals surface area contributed by atoms with E-state index in [1.165, 1.54) is 0 Å². The van der Waals surface area contributed by atoms with Crippen LogP contribution in [0.5, 0.6) is 0 Å². The Balaban J connectivity index is 2.24. The first-order valence-corrected chi connectivity index (χ1v) is 6.87. The van der Waals surface area contributed by atoms with Crippen molar-refractivity contribution in [2.75, 3.05) is 11.9 Å². The second-order valence-corrected chi connectivity index (χ2v) is 5.44. The first kappa shape index (κ1) is 14.6. The smallest absolute Gasteiger partial charge is 0.129 e. The van der Waals surface area contributed by atoms with Crippen LogP contribution in [0.1, 0.15) is 42.5 Å². The van der Waals surface area contributed by atoms with Crippen molar-refractivity contribution in [2.45, 2.75) is 39.8 Å². The molecule has 2 rings (SSSR count). The van der Waals surface area contributed by atoms with E-state index in [1.54, 1.807) is 0 Å². The van der Waals surface area contributed by atoms with Crippen molar-refractivity contribution in [1.82, 2.24) is 4.98 Å². The van der Waals surface area contributed by atoms with Crippen LogP contribution in [-0.4, -0.2) is 17.1 Å². The minimum atomic E-state index is 0.0307. The SMILES string of the molecule is Cc1ccc(CN(C)c2cc(CO)cc(C(C)C)n2)o1. The molecule has 2 heterocycles. The van der Waals surface area contributed by atoms with Crippen molar-refractivity contribution in [1.29, 1.82) is 0 Å². The lowest BCUT2D eigenvalue weighted by Crippen LogP contribution is -2.18. The molecule has 0 saturated heterocycles. The van der Waals surface area contributed by atoms with E-state index in [4.69, 9.17) is 4.42 Å². The maximum Gasteiger partial charge on any atom is 0.129 e. The lowest BCUT2D eigenvalue weighted by atomic mass is 10.1. The first-order chi connectivity index (χ1) is 9.49. The molecule has 0 fully saturated rings. The number of hydrogen-bond donors (Lipinski definition) is 1. The van der Waals surface area contributed by atoms with Gasteiger partial charge in [-0.05, 0) is 42.7 Å². The predicted molar refractivity (Wildman–Crippen MR) is 79.8 cm³/mol. The summed E-state index contributed by atoms with van der Waals surface area (Å²) < 4.78 is 5.59. The average Bonchev–Trinajstić information content (AvgIpc) is 2.83. The van der Waals surface area contributed by atoms with Crippen LogP contribution in [0.25, 0.3) is 0 Å². The molecule has 0 bridgehead atoms. The van der Waals surface area contributed by atoms with Crippen LogP contribution in [0.2, 0.25) is 0 Å². The van der Waals surface area contributed by atoms with Gasteiger partial charge in [0.25, 0.3) is 0 Å². The van der Waals surface area contributed by atoms with Gasteiger partial charge < -0.3 is 14.4 Å². The third kappa shape index (κ3) is 3.39. The normalized spacial score (nSPS) is 11.1. The average molecular weight is 274 g/mol. The van der Waals surface area contributed by atoms with E-state index in [0.29, 0.717) is 12.5 Å². The zero-order valence-corrected chi connectivity index (χ0v) is 12.6. The number of anilines is 1. The summed E-state index contributed by atoms with van der Waals surface area (Å²) in [6.07, 6.45) is 0. The van der Waals surface area contributed by atoms with Crippen molar-refractivity contribution >= 4 is 5.82 Å². The molecule has 2 aromatic rings. The van der Waals surface area contributed by atoms with E-state index in [1.807, 2.05) is 43.1 Å². The molecule has 4 heteroatoms. The van der Waals surface area contributed by atoms with E-state index in [9.17, 15) is 5.11 Å². The summed E-state index contributed by atoms with van der Waals surface area (Å²) in [6, 6.07) is 7.81. The van der Waals surface area contributed by atoms with E-state index in [2.05, 4.69) is 18.8 Å². The van der Waals surface area contributed by atoms with Gasteiger partial charge >= 0.3 is 0 Å². The number of aryl methyl sites for hydroxylation is 1. The molecule has 0 aromatic carbocycles. The monoisotopic (exact) mass is 274 g/mol. The Morgan fingerprint density at radius 2 is 2.05 bits per heavy atom. The lowest BCUT2D eigenvalue weighted by molar-refractivity contribution is 0.281. The third-order valence-electron chi connectivity index (χ3n) is 3.25. The molecule has 0 aliphatic rings. The van der Waals surface area contributed by atoms with Crippen LogP contribution in [0.15, 0.2) is 28.7 Å². The molecule has 4 nitrogen and oxygen atoms in total. The minimum Gasteiger partial charge on any atom is -0.464 e. The first-order valence-electron chi connectivity index (χ1n) is 6.87. The van der Waals surface area contributed by atoms with Crippen molar-refractivity contribution in [3.63, 3.8) is 0 Å². The molecular formula is C16H22N2O2. The highest BCUT2D eigenvalue weighted by atomic mass is 16.3. The van der Waals surface area contributed by atoms with Gasteiger partial charge in [-0.15, -0.1) is 0 Å². The maximum absolute atomic E-state index is 9.38. The van der Waals surface area contributed by atoms with Crippen molar-refractivity contribution < 1.29 is 9.52 Å². The van der Waals surface area contributed by atoms with Crippen LogP contribution in [0, 0.1) is 6.92 Å². The van der Waals surface area contributed by atoms with Gasteiger partial charge in [-0.25, -0.2) is 4.98 Å². The number of nitrogens with zero attached hydrogens (tertiary/aromatic N) is 2. The van der Waals surface area contributed by atoms with Crippen LogP contribution in [0.3, 0.4) is 0 Å². The topological polar surface area (TPSA) is 49.5 Å². The van der Waals surface area contributed by atoms with Crippen LogP contribution < -0.4 is 4.90 Å². The van der Waals surface area contributed by atoms with Gasteiger partial charge in [-0.3, -0.25) is 0 Å². The Hall–Kier alpha value is -1.81. The van der Waals surface area contributed by atoms with Crippen LogP contribution in [0.4, 0.5) is 5.82 Å². The van der Waals surface area contributed by atoms with Crippen LogP contribution >= 0.6 is 0 Å². The van der Waals surface area contributed by atoms with E-state index in [-0.39, 0.29) is 6.61 Å². The molecule has 0 unspecified atom stereocenters. The van der Waals surface area contributed by atoms with Gasteiger partial charge in [0.15, 0.2) is 0 Å². The number of furan rings is 1. The summed E-state index contributed by atoms with van der Waals surface area (Å²) in [7, 11) is 1.98. The number of hydrogen-bond acceptors (Lipinski definition) is 4. The van der Waals surface area contributed by atoms with Crippen LogP contribution in [-0.2, 0) is 13.2 Å². The number of aliphatic hydroxyl groups excluding tert-OH is 1. The second-order valence-electron chi connectivity index (χ2n) is 5.44. The fraction of sp³-hybridized carbons (Fsp3) is 0.438. The highest BCUT2D eigenvalue weighted by Gasteiger charge is 2.11. The van der Waals surface area contributed by atoms with E-state index >= 15 is 0 Å². The molecule has 108 valence electrons. The maximum atomic E-state index is 9.38. The Kier molecular flexibility index (Phi) is 4.45. The number of pyridine rings is 1. The summed E-state index contributed by atoms with van der Waals surface area (Å²) in [6.45, 7) is 6.83. The van der Waals surface area contributed by atoms with Gasteiger partial charge in [0.2, 0.25) is 0 Å². The van der Waals surface area contributed by atoms with Gasteiger partial charge in [0, 0.05) is 12.7 Å². The van der Waals surface area contributed by atoms with Gasteiger partial charge in [0.1, 0.15) is 17.3 Å². The number of aliphatic hydroxyl groups is 1. The molecule has 1 N–H and O–H groups in total. The fourth-order valence-corrected chi connectivity index (χ4v) is 2.06. The summed E-state index contributed by atoms with van der Waals surface area (Å²) in [5, 5.41) is 9.38. The fourth-order valence-electron chi connectivity index (χ4n) is 2.06. The zero-order valence-electron chi connectivity index (χ0n) is 12.6. The zero-order chi connectivity index (χ0) is 14.7. The summed E-state index contributed by atoms with van der Waals surface area (Å²) in [5.74, 6) is 3.01. The van der Waals surface area contributed by atoms with Crippen molar-refractivity contribution in [3.05, 3.63) is 47.0 Å². The quantitative estimate of drug-likeness (QED) is 0.909. The Morgan fingerprint density at radius 3 is 2.60 bits per heavy atom. The molecule has 0 aliphatic carbocycles. The molecule has 0 atom stereocenters. The Morgan fingerprint density at radius 1 is 1.30 bits per heavy atom. The lowest BCUT2D eigenvalue weighted by Gasteiger charge is -2.19. The molecule has 2 aromatic heterocycles. The van der Waals surface area contributed by atoms with Gasteiger partial charge in [-0.1, -0.05) is 13.8 Å². The molecule has 0 saturated carbocycles. The number of aromatic nitrogens is 1. The molecule has 0 amide bonds. The van der Waals surface area contributed by atoms with E-state index < -0.39 is 0 Å². The van der Waals surface area contributed by atoms with Crippen molar-refractivity contribution in [3.8, 4) is 0 Å². The molecule has 0 spiro atoms.